The summed E-state index contributed by atoms with van der Waals surface area (Å²) in [7, 11) is 1.26. The molecule has 0 radical (unpaired) electrons. The summed E-state index contributed by atoms with van der Waals surface area (Å²) in [6, 6.07) is 1.62. The van der Waals surface area contributed by atoms with Gasteiger partial charge in [-0.25, -0.2) is 9.59 Å². The smallest absolute Gasteiger partial charge is 0.343 e. The molecule has 0 amide bonds. The van der Waals surface area contributed by atoms with Gasteiger partial charge in [-0.05, 0) is 56.5 Å². The lowest BCUT2D eigenvalue weighted by atomic mass is 10.2. The zero-order valence-corrected chi connectivity index (χ0v) is 15.1. The number of carboxylic acid groups (broad SMARTS) is 1. The van der Waals surface area contributed by atoms with Gasteiger partial charge in [-0.15, -0.1) is 0 Å². The maximum Gasteiger partial charge on any atom is 0.343 e. The van der Waals surface area contributed by atoms with Crippen LogP contribution in [0.3, 0.4) is 0 Å². The fourth-order valence-corrected chi connectivity index (χ4v) is 2.44. The van der Waals surface area contributed by atoms with E-state index in [1.165, 1.54) is 13.2 Å². The SMILES string of the molecule is CCOc1cc(C=CC(=O)O)c(Br)c(Br)c1OCC(=O)OC. The second-order valence-electron chi connectivity index (χ2n) is 3.89. The van der Waals surface area contributed by atoms with E-state index in [4.69, 9.17) is 14.6 Å². The molecular formula is C14H14Br2O6. The van der Waals surface area contributed by atoms with E-state index >= 15 is 0 Å². The first kappa shape index (κ1) is 18.5. The third kappa shape index (κ3) is 5.03. The van der Waals surface area contributed by atoms with Crippen LogP contribution in [0.25, 0.3) is 6.08 Å². The maximum absolute atomic E-state index is 11.2. The minimum absolute atomic E-state index is 0.272. The van der Waals surface area contributed by atoms with E-state index in [0.717, 1.165) is 6.08 Å². The van der Waals surface area contributed by atoms with Gasteiger partial charge in [0, 0.05) is 10.5 Å². The van der Waals surface area contributed by atoms with E-state index < -0.39 is 11.9 Å². The average molecular weight is 438 g/mol. The number of halogens is 2. The summed E-state index contributed by atoms with van der Waals surface area (Å²) >= 11 is 6.69. The van der Waals surface area contributed by atoms with Gasteiger partial charge in [-0.3, -0.25) is 0 Å². The average Bonchev–Trinajstić information content (AvgIpc) is 2.48. The van der Waals surface area contributed by atoms with Crippen LogP contribution in [0.2, 0.25) is 0 Å². The number of benzene rings is 1. The number of hydrogen-bond acceptors (Lipinski definition) is 5. The van der Waals surface area contributed by atoms with Crippen molar-refractivity contribution in [2.24, 2.45) is 0 Å². The molecule has 22 heavy (non-hydrogen) atoms. The summed E-state index contributed by atoms with van der Waals surface area (Å²) in [6.45, 7) is 1.91. The van der Waals surface area contributed by atoms with Crippen molar-refractivity contribution in [3.8, 4) is 11.5 Å². The molecule has 1 rings (SSSR count). The van der Waals surface area contributed by atoms with Crippen LogP contribution in [0.5, 0.6) is 11.5 Å². The van der Waals surface area contributed by atoms with Gasteiger partial charge in [0.1, 0.15) is 0 Å². The summed E-state index contributed by atoms with van der Waals surface area (Å²) < 4.78 is 16.5. The van der Waals surface area contributed by atoms with Crippen LogP contribution in [0.1, 0.15) is 12.5 Å². The molecule has 1 aromatic rings. The molecule has 0 aliphatic heterocycles. The van der Waals surface area contributed by atoms with Gasteiger partial charge in [-0.1, -0.05) is 0 Å². The van der Waals surface area contributed by atoms with Crippen molar-refractivity contribution in [1.29, 1.82) is 0 Å². The van der Waals surface area contributed by atoms with Crippen LogP contribution in [-0.2, 0) is 14.3 Å². The molecule has 0 fully saturated rings. The third-order valence-electron chi connectivity index (χ3n) is 2.42. The van der Waals surface area contributed by atoms with Crippen molar-refractivity contribution in [3.63, 3.8) is 0 Å². The summed E-state index contributed by atoms with van der Waals surface area (Å²) in [4.78, 5) is 21.8. The molecule has 1 aromatic carbocycles. The van der Waals surface area contributed by atoms with Crippen molar-refractivity contribution in [2.45, 2.75) is 6.92 Å². The molecular weight excluding hydrogens is 424 g/mol. The highest BCUT2D eigenvalue weighted by Gasteiger charge is 2.18. The predicted molar refractivity (Wildman–Crippen MR) is 87.2 cm³/mol. The van der Waals surface area contributed by atoms with Gasteiger partial charge in [-0.2, -0.15) is 0 Å². The first-order valence-electron chi connectivity index (χ1n) is 6.16. The normalized spacial score (nSPS) is 10.5. The van der Waals surface area contributed by atoms with E-state index in [0.29, 0.717) is 32.6 Å². The Hall–Kier alpha value is -1.54. The topological polar surface area (TPSA) is 82.1 Å². The highest BCUT2D eigenvalue weighted by atomic mass is 79.9. The van der Waals surface area contributed by atoms with Gasteiger partial charge in [0.25, 0.3) is 0 Å². The number of carboxylic acids is 1. The second-order valence-corrected chi connectivity index (χ2v) is 5.48. The van der Waals surface area contributed by atoms with Crippen LogP contribution >= 0.6 is 31.9 Å². The van der Waals surface area contributed by atoms with Gasteiger partial charge in [0.15, 0.2) is 18.1 Å². The first-order chi connectivity index (χ1) is 10.4. The van der Waals surface area contributed by atoms with Crippen LogP contribution in [-0.4, -0.2) is 37.4 Å². The quantitative estimate of drug-likeness (QED) is 0.520. The lowest BCUT2D eigenvalue weighted by Gasteiger charge is -2.15. The van der Waals surface area contributed by atoms with E-state index in [2.05, 4.69) is 36.6 Å². The summed E-state index contributed by atoms with van der Waals surface area (Å²) in [5.74, 6) is -0.884. The largest absolute Gasteiger partial charge is 0.490 e. The number of rotatable bonds is 7. The standard InChI is InChI=1S/C14H14Br2O6/c1-3-21-9-6-8(4-5-10(17)18)12(15)13(16)14(9)22-7-11(19)20-2/h4-6H,3,7H2,1-2H3,(H,17,18). The van der Waals surface area contributed by atoms with Gasteiger partial charge in [0.05, 0.1) is 18.2 Å². The molecule has 8 heteroatoms. The van der Waals surface area contributed by atoms with Crippen LogP contribution in [0.15, 0.2) is 21.1 Å². The number of ether oxygens (including phenoxy) is 3. The van der Waals surface area contributed by atoms with Crippen molar-refractivity contribution < 1.29 is 28.9 Å². The van der Waals surface area contributed by atoms with Gasteiger partial charge < -0.3 is 19.3 Å². The molecule has 120 valence electrons. The van der Waals surface area contributed by atoms with Gasteiger partial charge in [0.2, 0.25) is 0 Å². The monoisotopic (exact) mass is 436 g/mol. The Morgan fingerprint density at radius 3 is 2.50 bits per heavy atom. The maximum atomic E-state index is 11.2. The molecule has 0 saturated carbocycles. The number of aliphatic carboxylic acids is 1. The minimum Gasteiger partial charge on any atom is -0.490 e. The molecule has 0 saturated heterocycles. The molecule has 6 nitrogen and oxygen atoms in total. The number of carbonyl (C=O) groups excluding carboxylic acids is 1. The van der Waals surface area contributed by atoms with Gasteiger partial charge >= 0.3 is 11.9 Å². The van der Waals surface area contributed by atoms with Crippen LogP contribution < -0.4 is 9.47 Å². The first-order valence-corrected chi connectivity index (χ1v) is 7.74. The Morgan fingerprint density at radius 1 is 1.27 bits per heavy atom. The van der Waals surface area contributed by atoms with E-state index in [1.54, 1.807) is 13.0 Å². The Bertz CT molecular complexity index is 597. The molecule has 0 heterocycles. The molecule has 0 unspecified atom stereocenters. The fraction of sp³-hybridized carbons (Fsp3) is 0.286. The zero-order chi connectivity index (χ0) is 16.7. The van der Waals surface area contributed by atoms with E-state index in [-0.39, 0.29) is 6.61 Å². The Morgan fingerprint density at radius 2 is 1.95 bits per heavy atom. The highest BCUT2D eigenvalue weighted by molar-refractivity contribution is 9.13. The third-order valence-corrected chi connectivity index (χ3v) is 4.57. The molecule has 0 spiro atoms. The summed E-state index contributed by atoms with van der Waals surface area (Å²) in [5.41, 5.74) is 0.586. The second kappa shape index (κ2) is 8.79. The molecule has 0 bridgehead atoms. The Balaban J connectivity index is 3.22. The highest BCUT2D eigenvalue weighted by Crippen LogP contribution is 2.43. The lowest BCUT2D eigenvalue weighted by Crippen LogP contribution is -2.13. The number of esters is 1. The van der Waals surface area contributed by atoms with Crippen LogP contribution in [0, 0.1) is 0 Å². The van der Waals surface area contributed by atoms with Crippen molar-refractivity contribution in [1.82, 2.24) is 0 Å². The van der Waals surface area contributed by atoms with Crippen molar-refractivity contribution >= 4 is 49.9 Å². The van der Waals surface area contributed by atoms with Crippen molar-refractivity contribution in [2.75, 3.05) is 20.3 Å². The molecule has 0 aliphatic rings. The summed E-state index contributed by atoms with van der Waals surface area (Å²) in [6.07, 6.45) is 2.43. The number of carbonyl (C=O) groups is 2. The molecule has 1 N–H and O–H groups in total. The number of methoxy groups -OCH3 is 1. The predicted octanol–water partition coefficient (Wildman–Crippen LogP) is 3.26. The zero-order valence-electron chi connectivity index (χ0n) is 11.9. The molecule has 0 aromatic heterocycles. The number of hydrogen-bond donors (Lipinski definition) is 1. The summed E-state index contributed by atoms with van der Waals surface area (Å²) in [5, 5.41) is 8.71. The van der Waals surface area contributed by atoms with Crippen molar-refractivity contribution in [3.05, 3.63) is 26.7 Å². The Labute approximate surface area is 144 Å². The molecule has 0 atom stereocenters. The van der Waals surface area contributed by atoms with Crippen LogP contribution in [0.4, 0.5) is 0 Å². The van der Waals surface area contributed by atoms with E-state index in [9.17, 15) is 9.59 Å². The molecule has 0 aliphatic carbocycles. The van der Waals surface area contributed by atoms with E-state index in [1.807, 2.05) is 0 Å². The fourth-order valence-electron chi connectivity index (χ4n) is 1.47. The minimum atomic E-state index is -1.06. The Kier molecular flexibility index (Phi) is 7.40. The lowest BCUT2D eigenvalue weighted by molar-refractivity contribution is -0.143.